The first-order valence-electron chi connectivity index (χ1n) is 5.17. The first-order chi connectivity index (χ1) is 5.33. The topological polar surface area (TPSA) is 0 Å². The smallest absolute Gasteiger partial charge is 0.0275 e. The van der Waals surface area contributed by atoms with Crippen molar-refractivity contribution in [2.24, 2.45) is 17.8 Å². The SMILES string of the molecule is [2H]C1[C]2CC3CC(C2)CC1C3. The Hall–Kier alpha value is 0. The van der Waals surface area contributed by atoms with Gasteiger partial charge in [-0.05, 0) is 62.2 Å². The van der Waals surface area contributed by atoms with Crippen molar-refractivity contribution < 1.29 is 1.37 Å². The van der Waals surface area contributed by atoms with E-state index in [1.807, 2.05) is 0 Å². The van der Waals surface area contributed by atoms with Gasteiger partial charge in [-0.3, -0.25) is 0 Å². The van der Waals surface area contributed by atoms with Crippen molar-refractivity contribution in [1.29, 1.82) is 0 Å². The predicted octanol–water partition coefficient (Wildman–Crippen LogP) is 2.79. The van der Waals surface area contributed by atoms with Crippen molar-refractivity contribution in [3.05, 3.63) is 5.92 Å². The van der Waals surface area contributed by atoms with Crippen LogP contribution in [0.2, 0.25) is 0 Å². The number of rotatable bonds is 0. The van der Waals surface area contributed by atoms with E-state index in [9.17, 15) is 0 Å². The standard InChI is InChI=1S/C10H15/c1-7-2-9-4-8(1)5-10(3-7)6-9/h7-9H,1-6H2/i3D. The molecule has 0 amide bonds. The third kappa shape index (κ3) is 0.681. The van der Waals surface area contributed by atoms with Crippen LogP contribution in [0.4, 0.5) is 0 Å². The number of hydrogen-bond acceptors (Lipinski definition) is 0. The minimum absolute atomic E-state index is 0.253. The van der Waals surface area contributed by atoms with Crippen molar-refractivity contribution in [1.82, 2.24) is 0 Å². The first kappa shape index (κ1) is 4.79. The summed E-state index contributed by atoms with van der Waals surface area (Å²) in [5, 5.41) is 0. The summed E-state index contributed by atoms with van der Waals surface area (Å²) < 4.78 is 7.96. The maximum absolute atomic E-state index is 7.96. The monoisotopic (exact) mass is 136 g/mol. The summed E-state index contributed by atoms with van der Waals surface area (Å²) in [5.74, 6) is 4.39. The Morgan fingerprint density at radius 2 is 1.60 bits per heavy atom. The van der Waals surface area contributed by atoms with E-state index in [4.69, 9.17) is 1.37 Å². The fourth-order valence-electron chi connectivity index (χ4n) is 3.38. The zero-order valence-corrected chi connectivity index (χ0v) is 6.34. The van der Waals surface area contributed by atoms with Crippen LogP contribution in [0, 0.1) is 23.7 Å². The van der Waals surface area contributed by atoms with Crippen LogP contribution in [-0.2, 0) is 0 Å². The average Bonchev–Trinajstić information content (AvgIpc) is 1.98. The Kier molecular flexibility index (Phi) is 0.852. The van der Waals surface area contributed by atoms with Gasteiger partial charge >= 0.3 is 0 Å². The van der Waals surface area contributed by atoms with Gasteiger partial charge in [0.2, 0.25) is 0 Å². The molecule has 55 valence electrons. The minimum atomic E-state index is 0.253. The van der Waals surface area contributed by atoms with Crippen molar-refractivity contribution in [2.45, 2.75) is 38.5 Å². The zero-order valence-electron chi connectivity index (χ0n) is 7.34. The van der Waals surface area contributed by atoms with Gasteiger partial charge in [0.05, 0.1) is 0 Å². The Labute approximate surface area is 64.4 Å². The molecule has 4 aliphatic carbocycles. The Balaban J connectivity index is 1.91. The molecule has 0 heteroatoms. The van der Waals surface area contributed by atoms with Crippen LogP contribution in [-0.4, -0.2) is 0 Å². The summed E-state index contributed by atoms with van der Waals surface area (Å²) >= 11 is 0. The Morgan fingerprint density at radius 1 is 1.00 bits per heavy atom. The van der Waals surface area contributed by atoms with Crippen LogP contribution in [0.5, 0.6) is 0 Å². The molecule has 0 aromatic carbocycles. The highest BCUT2D eigenvalue weighted by Gasteiger charge is 2.41. The van der Waals surface area contributed by atoms with Gasteiger partial charge in [0, 0.05) is 1.37 Å². The fraction of sp³-hybridized carbons (Fsp3) is 0.900. The van der Waals surface area contributed by atoms with Crippen LogP contribution in [0.15, 0.2) is 0 Å². The highest BCUT2D eigenvalue weighted by Crippen LogP contribution is 2.54. The summed E-state index contributed by atoms with van der Waals surface area (Å²) in [4.78, 5) is 0. The van der Waals surface area contributed by atoms with Crippen LogP contribution < -0.4 is 0 Å². The van der Waals surface area contributed by atoms with Gasteiger partial charge in [0.25, 0.3) is 0 Å². The molecule has 3 unspecified atom stereocenters. The lowest BCUT2D eigenvalue weighted by molar-refractivity contribution is 0.0920. The van der Waals surface area contributed by atoms with Gasteiger partial charge < -0.3 is 0 Å². The molecule has 0 aliphatic heterocycles. The van der Waals surface area contributed by atoms with Gasteiger partial charge in [-0.1, -0.05) is 0 Å². The molecule has 4 saturated carbocycles. The van der Waals surface area contributed by atoms with Gasteiger partial charge in [0.1, 0.15) is 0 Å². The molecule has 3 atom stereocenters. The molecule has 4 bridgehead atoms. The van der Waals surface area contributed by atoms with E-state index in [0.717, 1.165) is 17.8 Å². The van der Waals surface area contributed by atoms with Crippen LogP contribution in [0.1, 0.15) is 39.9 Å². The largest absolute Gasteiger partial charge is 0.0475 e. The molecular formula is C10H15. The van der Waals surface area contributed by atoms with Crippen LogP contribution in [0.3, 0.4) is 0 Å². The molecule has 0 aromatic heterocycles. The molecule has 0 saturated heterocycles. The fourth-order valence-corrected chi connectivity index (χ4v) is 3.38. The van der Waals surface area contributed by atoms with Crippen molar-refractivity contribution in [3.63, 3.8) is 0 Å². The van der Waals surface area contributed by atoms with Crippen molar-refractivity contribution in [3.8, 4) is 0 Å². The minimum Gasteiger partial charge on any atom is -0.0475 e. The Morgan fingerprint density at radius 3 is 2.20 bits per heavy atom. The van der Waals surface area contributed by atoms with E-state index in [2.05, 4.69) is 0 Å². The zero-order chi connectivity index (χ0) is 7.42. The summed E-state index contributed by atoms with van der Waals surface area (Å²) in [6, 6.07) is 0. The van der Waals surface area contributed by atoms with Gasteiger partial charge in [-0.2, -0.15) is 0 Å². The summed E-state index contributed by atoms with van der Waals surface area (Å²) in [6.07, 6.45) is 7.15. The molecule has 10 heavy (non-hydrogen) atoms. The molecule has 4 aliphatic rings. The highest BCUT2D eigenvalue weighted by molar-refractivity contribution is 5.08. The molecular weight excluding hydrogens is 120 g/mol. The second-order valence-corrected chi connectivity index (χ2v) is 4.43. The third-order valence-corrected chi connectivity index (χ3v) is 3.51. The van der Waals surface area contributed by atoms with E-state index < -0.39 is 0 Å². The summed E-state index contributed by atoms with van der Waals surface area (Å²) in [7, 11) is 0. The summed E-state index contributed by atoms with van der Waals surface area (Å²) in [5.41, 5.74) is 0. The van der Waals surface area contributed by atoms with Crippen molar-refractivity contribution in [2.75, 3.05) is 0 Å². The Bertz CT molecular complexity index is 148. The summed E-state index contributed by atoms with van der Waals surface area (Å²) in [6.45, 7) is 0. The van der Waals surface area contributed by atoms with Crippen LogP contribution in [0.25, 0.3) is 0 Å². The quantitative estimate of drug-likeness (QED) is 0.480. The van der Waals surface area contributed by atoms with Crippen molar-refractivity contribution >= 4 is 0 Å². The molecule has 0 spiro atoms. The predicted molar refractivity (Wildman–Crippen MR) is 41.4 cm³/mol. The lowest BCUT2D eigenvalue weighted by atomic mass is 9.56. The molecule has 0 aromatic rings. The molecule has 0 nitrogen and oxygen atoms in total. The normalized spacial score (nSPS) is 61.0. The molecule has 4 fully saturated rings. The van der Waals surface area contributed by atoms with Gasteiger partial charge in [-0.15, -0.1) is 0 Å². The van der Waals surface area contributed by atoms with E-state index in [1.165, 1.54) is 32.1 Å². The average molecular weight is 136 g/mol. The lowest BCUT2D eigenvalue weighted by Gasteiger charge is -2.49. The first-order valence-corrected chi connectivity index (χ1v) is 4.60. The third-order valence-electron chi connectivity index (χ3n) is 3.51. The molecule has 1 radical (unpaired) electrons. The molecule has 0 N–H and O–H groups in total. The van der Waals surface area contributed by atoms with E-state index in [0.29, 0.717) is 0 Å². The second-order valence-electron chi connectivity index (χ2n) is 4.43. The highest BCUT2D eigenvalue weighted by atomic mass is 14.5. The second kappa shape index (κ2) is 1.78. The number of hydrogen-bond donors (Lipinski definition) is 0. The maximum atomic E-state index is 7.96. The van der Waals surface area contributed by atoms with E-state index in [-0.39, 0.29) is 6.40 Å². The maximum Gasteiger partial charge on any atom is 0.0275 e. The lowest BCUT2D eigenvalue weighted by Crippen LogP contribution is -2.37. The van der Waals surface area contributed by atoms with Gasteiger partial charge in [0.15, 0.2) is 0 Å². The van der Waals surface area contributed by atoms with E-state index >= 15 is 0 Å². The van der Waals surface area contributed by atoms with Gasteiger partial charge in [-0.25, -0.2) is 0 Å². The molecule has 0 heterocycles. The van der Waals surface area contributed by atoms with E-state index in [1.54, 1.807) is 5.92 Å². The van der Waals surface area contributed by atoms with Crippen LogP contribution >= 0.6 is 0 Å². The molecule has 4 rings (SSSR count).